The molecule has 0 spiro atoms. The Balaban J connectivity index is 1.92. The molecule has 2 rings (SSSR count). The molecule has 0 aliphatic carbocycles. The number of aromatic nitrogens is 2. The first kappa shape index (κ1) is 14.9. The molecule has 8 heteroatoms. The van der Waals surface area contributed by atoms with Gasteiger partial charge in [0.15, 0.2) is 0 Å². The molecule has 1 aromatic carbocycles. The molecular formula is C13H12F3N3O2. The van der Waals surface area contributed by atoms with E-state index in [2.05, 4.69) is 15.2 Å². The first-order valence-electron chi connectivity index (χ1n) is 5.97. The van der Waals surface area contributed by atoms with Gasteiger partial charge in [-0.15, -0.1) is 13.2 Å². The molecule has 0 atom stereocenters. The third kappa shape index (κ3) is 4.83. The van der Waals surface area contributed by atoms with Gasteiger partial charge in [0, 0.05) is 11.9 Å². The van der Waals surface area contributed by atoms with E-state index in [9.17, 15) is 18.0 Å². The van der Waals surface area contributed by atoms with Gasteiger partial charge in [0.2, 0.25) is 5.91 Å². The number of nitrogens with zero attached hydrogens (tertiary/aromatic N) is 2. The highest BCUT2D eigenvalue weighted by Gasteiger charge is 2.30. The van der Waals surface area contributed by atoms with Crippen molar-refractivity contribution in [3.63, 3.8) is 0 Å². The Kier molecular flexibility index (Phi) is 4.15. The Morgan fingerprint density at radius 2 is 1.95 bits per heavy atom. The van der Waals surface area contributed by atoms with Crippen LogP contribution in [0, 0.1) is 6.92 Å². The van der Waals surface area contributed by atoms with E-state index in [1.54, 1.807) is 19.2 Å². The second-order valence-electron chi connectivity index (χ2n) is 4.28. The highest BCUT2D eigenvalue weighted by molar-refractivity contribution is 5.90. The van der Waals surface area contributed by atoms with Crippen molar-refractivity contribution in [2.75, 3.05) is 5.32 Å². The lowest BCUT2D eigenvalue weighted by Crippen LogP contribution is -2.19. The zero-order chi connectivity index (χ0) is 15.5. The highest BCUT2D eigenvalue weighted by atomic mass is 19.4. The number of alkyl halides is 3. The van der Waals surface area contributed by atoms with Crippen molar-refractivity contribution in [3.8, 4) is 5.75 Å². The number of anilines is 1. The number of carbonyl (C=O) groups excluding carboxylic acids is 1. The lowest BCUT2D eigenvalue weighted by atomic mass is 10.3. The summed E-state index contributed by atoms with van der Waals surface area (Å²) in [6, 6.07) is 6.67. The first-order chi connectivity index (χ1) is 9.82. The van der Waals surface area contributed by atoms with Gasteiger partial charge >= 0.3 is 6.36 Å². The molecule has 112 valence electrons. The van der Waals surface area contributed by atoms with Gasteiger partial charge in [-0.25, -0.2) is 0 Å². The SMILES string of the molecule is Cc1ccn(CC(=O)Nc2ccc(OC(F)(F)F)cc2)n1. The summed E-state index contributed by atoms with van der Waals surface area (Å²) >= 11 is 0. The summed E-state index contributed by atoms with van der Waals surface area (Å²) in [6.07, 6.45) is -3.07. The first-order valence-corrected chi connectivity index (χ1v) is 5.97. The number of amides is 1. The fraction of sp³-hybridized carbons (Fsp3) is 0.231. The van der Waals surface area contributed by atoms with E-state index in [1.165, 1.54) is 16.8 Å². The van der Waals surface area contributed by atoms with Gasteiger partial charge in [0.1, 0.15) is 12.3 Å². The predicted octanol–water partition coefficient (Wildman–Crippen LogP) is 2.73. The smallest absolute Gasteiger partial charge is 0.406 e. The average molecular weight is 299 g/mol. The molecule has 1 heterocycles. The number of rotatable bonds is 4. The lowest BCUT2D eigenvalue weighted by molar-refractivity contribution is -0.274. The Labute approximate surface area is 118 Å². The zero-order valence-corrected chi connectivity index (χ0v) is 11.0. The van der Waals surface area contributed by atoms with Crippen molar-refractivity contribution in [2.45, 2.75) is 19.8 Å². The van der Waals surface area contributed by atoms with Gasteiger partial charge in [-0.2, -0.15) is 5.10 Å². The molecule has 0 fully saturated rings. The number of halogens is 3. The van der Waals surface area contributed by atoms with E-state index < -0.39 is 6.36 Å². The van der Waals surface area contributed by atoms with Gasteiger partial charge < -0.3 is 10.1 Å². The van der Waals surface area contributed by atoms with E-state index >= 15 is 0 Å². The van der Waals surface area contributed by atoms with E-state index in [-0.39, 0.29) is 18.2 Å². The maximum absolute atomic E-state index is 12.0. The summed E-state index contributed by atoms with van der Waals surface area (Å²) in [6.45, 7) is 1.82. The van der Waals surface area contributed by atoms with Gasteiger partial charge in [-0.1, -0.05) is 0 Å². The molecule has 0 aliphatic rings. The van der Waals surface area contributed by atoms with E-state index in [0.29, 0.717) is 5.69 Å². The van der Waals surface area contributed by atoms with Crippen LogP contribution in [-0.2, 0) is 11.3 Å². The van der Waals surface area contributed by atoms with Crippen LogP contribution in [0.25, 0.3) is 0 Å². The topological polar surface area (TPSA) is 56.2 Å². The Bertz CT molecular complexity index is 620. The number of ether oxygens (including phenoxy) is 1. The molecule has 0 saturated carbocycles. The zero-order valence-electron chi connectivity index (χ0n) is 11.0. The molecular weight excluding hydrogens is 287 g/mol. The quantitative estimate of drug-likeness (QED) is 0.944. The normalized spacial score (nSPS) is 11.2. The second-order valence-corrected chi connectivity index (χ2v) is 4.28. The number of benzene rings is 1. The van der Waals surface area contributed by atoms with Crippen molar-refractivity contribution < 1.29 is 22.7 Å². The number of carbonyl (C=O) groups is 1. The summed E-state index contributed by atoms with van der Waals surface area (Å²) in [7, 11) is 0. The Morgan fingerprint density at radius 3 is 2.48 bits per heavy atom. The molecule has 1 N–H and O–H groups in total. The fourth-order valence-electron chi connectivity index (χ4n) is 1.64. The van der Waals surface area contributed by atoms with Crippen LogP contribution in [-0.4, -0.2) is 22.1 Å². The monoisotopic (exact) mass is 299 g/mol. The van der Waals surface area contributed by atoms with Crippen LogP contribution in [0.3, 0.4) is 0 Å². The van der Waals surface area contributed by atoms with Crippen molar-refractivity contribution >= 4 is 11.6 Å². The van der Waals surface area contributed by atoms with Crippen LogP contribution in [0.2, 0.25) is 0 Å². The number of hydrogen-bond acceptors (Lipinski definition) is 3. The lowest BCUT2D eigenvalue weighted by Gasteiger charge is -2.10. The fourth-order valence-corrected chi connectivity index (χ4v) is 1.64. The molecule has 0 saturated heterocycles. The summed E-state index contributed by atoms with van der Waals surface area (Å²) < 4.78 is 41.2. The molecule has 0 aliphatic heterocycles. The number of hydrogen-bond donors (Lipinski definition) is 1. The van der Waals surface area contributed by atoms with Crippen LogP contribution in [0.1, 0.15) is 5.69 Å². The Hall–Kier alpha value is -2.51. The predicted molar refractivity (Wildman–Crippen MR) is 68.7 cm³/mol. The van der Waals surface area contributed by atoms with Crippen molar-refractivity contribution in [1.29, 1.82) is 0 Å². The van der Waals surface area contributed by atoms with Crippen LogP contribution in [0.5, 0.6) is 5.75 Å². The van der Waals surface area contributed by atoms with E-state index in [1.807, 2.05) is 0 Å². The molecule has 0 unspecified atom stereocenters. The molecule has 5 nitrogen and oxygen atoms in total. The molecule has 0 bridgehead atoms. The van der Waals surface area contributed by atoms with Crippen LogP contribution >= 0.6 is 0 Å². The molecule has 1 amide bonds. The van der Waals surface area contributed by atoms with Crippen LogP contribution in [0.4, 0.5) is 18.9 Å². The molecule has 2 aromatic rings. The second kappa shape index (κ2) is 5.86. The van der Waals surface area contributed by atoms with Crippen molar-refractivity contribution in [1.82, 2.24) is 9.78 Å². The summed E-state index contributed by atoms with van der Waals surface area (Å²) in [5.74, 6) is -0.675. The van der Waals surface area contributed by atoms with Gasteiger partial charge in [-0.3, -0.25) is 9.48 Å². The average Bonchev–Trinajstić information content (AvgIpc) is 2.75. The van der Waals surface area contributed by atoms with Crippen molar-refractivity contribution in [3.05, 3.63) is 42.2 Å². The van der Waals surface area contributed by atoms with Gasteiger partial charge in [0.05, 0.1) is 5.69 Å². The molecule has 21 heavy (non-hydrogen) atoms. The minimum atomic E-state index is -4.73. The highest BCUT2D eigenvalue weighted by Crippen LogP contribution is 2.23. The Morgan fingerprint density at radius 1 is 1.29 bits per heavy atom. The standard InChI is InChI=1S/C13H12F3N3O2/c1-9-6-7-19(18-9)8-12(20)17-10-2-4-11(5-3-10)21-13(14,15)16/h2-7H,8H2,1H3,(H,17,20). The van der Waals surface area contributed by atoms with Gasteiger partial charge in [-0.05, 0) is 37.3 Å². The molecule has 1 aromatic heterocycles. The third-order valence-electron chi connectivity index (χ3n) is 2.45. The number of nitrogens with one attached hydrogen (secondary N) is 1. The molecule has 0 radical (unpaired) electrons. The maximum atomic E-state index is 12.0. The largest absolute Gasteiger partial charge is 0.573 e. The number of aryl methyl sites for hydroxylation is 1. The van der Waals surface area contributed by atoms with E-state index in [0.717, 1.165) is 17.8 Å². The van der Waals surface area contributed by atoms with Crippen molar-refractivity contribution in [2.24, 2.45) is 0 Å². The minimum Gasteiger partial charge on any atom is -0.406 e. The maximum Gasteiger partial charge on any atom is 0.573 e. The summed E-state index contributed by atoms with van der Waals surface area (Å²) in [4.78, 5) is 11.7. The summed E-state index contributed by atoms with van der Waals surface area (Å²) in [5, 5.41) is 6.61. The van der Waals surface area contributed by atoms with Crippen LogP contribution < -0.4 is 10.1 Å². The minimum absolute atomic E-state index is 0.0225. The van der Waals surface area contributed by atoms with E-state index in [4.69, 9.17) is 0 Å². The van der Waals surface area contributed by atoms with Crippen LogP contribution in [0.15, 0.2) is 36.5 Å². The summed E-state index contributed by atoms with van der Waals surface area (Å²) in [5.41, 5.74) is 1.16. The van der Waals surface area contributed by atoms with Gasteiger partial charge in [0.25, 0.3) is 0 Å². The third-order valence-corrected chi connectivity index (χ3v) is 2.45.